The number of rotatable bonds is 6. The van der Waals surface area contributed by atoms with Crippen LogP contribution in [0.25, 0.3) is 11.0 Å². The summed E-state index contributed by atoms with van der Waals surface area (Å²) in [6.45, 7) is 2.38. The molecule has 1 saturated heterocycles. The molecule has 2 atom stereocenters. The Bertz CT molecular complexity index is 1260. The number of H-pyrrole nitrogens is 1. The van der Waals surface area contributed by atoms with Crippen molar-refractivity contribution in [2.24, 2.45) is 0 Å². The standard InChI is InChI=1S/C24H25Cl2N5O3/c1-13(22-29-19-8-6-15(25)11-20(19)30-22)28-23(33)14-5-7-17(18(26)10-14)24(34)31-9-3-4-16(31)12-21(32)27-2/h5-8,10-11,13,16H,3-4,9,12H2,1-2H3,(H,27,32)(H,28,33)(H,29,30)/t13-,16+/m0/s1. The third kappa shape index (κ3) is 5.03. The third-order valence-corrected chi connectivity index (χ3v) is 6.57. The Kier molecular flexibility index (Phi) is 7.09. The topological polar surface area (TPSA) is 107 Å². The van der Waals surface area contributed by atoms with E-state index in [2.05, 4.69) is 20.6 Å². The number of aromatic nitrogens is 2. The number of amides is 3. The number of halogens is 2. The molecule has 0 spiro atoms. The lowest BCUT2D eigenvalue weighted by Crippen LogP contribution is -2.38. The molecule has 10 heteroatoms. The van der Waals surface area contributed by atoms with Gasteiger partial charge in [0, 0.05) is 36.6 Å². The summed E-state index contributed by atoms with van der Waals surface area (Å²) in [5.74, 6) is -0.0904. The van der Waals surface area contributed by atoms with Crippen molar-refractivity contribution in [1.29, 1.82) is 0 Å². The first-order valence-electron chi connectivity index (χ1n) is 11.0. The summed E-state index contributed by atoms with van der Waals surface area (Å²) in [6, 6.07) is 9.41. The number of hydrogen-bond donors (Lipinski definition) is 3. The second-order valence-corrected chi connectivity index (χ2v) is 9.19. The highest BCUT2D eigenvalue weighted by molar-refractivity contribution is 6.34. The fourth-order valence-electron chi connectivity index (χ4n) is 4.17. The van der Waals surface area contributed by atoms with Crippen LogP contribution in [0.15, 0.2) is 36.4 Å². The fourth-order valence-corrected chi connectivity index (χ4v) is 4.60. The maximum absolute atomic E-state index is 13.1. The van der Waals surface area contributed by atoms with Gasteiger partial charge in [0.05, 0.1) is 27.7 Å². The molecular formula is C24H25Cl2N5O3. The van der Waals surface area contributed by atoms with Crippen LogP contribution in [0.1, 0.15) is 58.8 Å². The molecule has 3 amide bonds. The zero-order chi connectivity index (χ0) is 24.4. The predicted molar refractivity (Wildman–Crippen MR) is 131 cm³/mol. The highest BCUT2D eigenvalue weighted by Gasteiger charge is 2.32. The lowest BCUT2D eigenvalue weighted by molar-refractivity contribution is -0.121. The number of nitrogens with one attached hydrogen (secondary N) is 3. The summed E-state index contributed by atoms with van der Waals surface area (Å²) in [5.41, 5.74) is 2.18. The van der Waals surface area contributed by atoms with Gasteiger partial charge in [-0.15, -0.1) is 0 Å². The third-order valence-electron chi connectivity index (χ3n) is 6.02. The van der Waals surface area contributed by atoms with E-state index in [0.717, 1.165) is 18.4 Å². The van der Waals surface area contributed by atoms with Crippen LogP contribution >= 0.6 is 23.2 Å². The van der Waals surface area contributed by atoms with E-state index in [1.165, 1.54) is 6.07 Å². The van der Waals surface area contributed by atoms with E-state index < -0.39 is 6.04 Å². The van der Waals surface area contributed by atoms with Crippen LogP contribution in [-0.2, 0) is 4.79 Å². The second-order valence-electron chi connectivity index (χ2n) is 8.35. The predicted octanol–water partition coefficient (Wildman–Crippen LogP) is 4.10. The van der Waals surface area contributed by atoms with E-state index in [9.17, 15) is 14.4 Å². The van der Waals surface area contributed by atoms with E-state index in [1.807, 2.05) is 13.0 Å². The molecule has 0 saturated carbocycles. The van der Waals surface area contributed by atoms with Gasteiger partial charge in [-0.1, -0.05) is 23.2 Å². The van der Waals surface area contributed by atoms with Gasteiger partial charge in [-0.2, -0.15) is 0 Å². The number of fused-ring (bicyclic) bond motifs is 1. The van der Waals surface area contributed by atoms with E-state index in [0.29, 0.717) is 34.0 Å². The highest BCUT2D eigenvalue weighted by atomic mass is 35.5. The maximum Gasteiger partial charge on any atom is 0.255 e. The normalized spacial score (nSPS) is 16.5. The second kappa shape index (κ2) is 10.0. The van der Waals surface area contributed by atoms with Gasteiger partial charge in [-0.3, -0.25) is 14.4 Å². The lowest BCUT2D eigenvalue weighted by atomic mass is 10.1. The van der Waals surface area contributed by atoms with Crippen molar-refractivity contribution >= 4 is 52.0 Å². The van der Waals surface area contributed by atoms with Gasteiger partial charge in [0.15, 0.2) is 0 Å². The van der Waals surface area contributed by atoms with Crippen molar-refractivity contribution < 1.29 is 14.4 Å². The largest absolute Gasteiger partial charge is 0.359 e. The number of imidazole rings is 1. The molecule has 0 unspecified atom stereocenters. The summed E-state index contributed by atoms with van der Waals surface area (Å²) in [6.07, 6.45) is 1.85. The van der Waals surface area contributed by atoms with Gasteiger partial charge in [0.1, 0.15) is 5.82 Å². The Morgan fingerprint density at radius 1 is 1.21 bits per heavy atom. The van der Waals surface area contributed by atoms with Gasteiger partial charge in [0.25, 0.3) is 11.8 Å². The van der Waals surface area contributed by atoms with Gasteiger partial charge >= 0.3 is 0 Å². The first-order valence-corrected chi connectivity index (χ1v) is 11.8. The molecule has 4 rings (SSSR count). The van der Waals surface area contributed by atoms with Crippen LogP contribution in [0.4, 0.5) is 0 Å². The number of likely N-dealkylation sites (tertiary alicyclic amines) is 1. The van der Waals surface area contributed by atoms with Crippen LogP contribution in [0.5, 0.6) is 0 Å². The van der Waals surface area contributed by atoms with E-state index in [4.69, 9.17) is 23.2 Å². The molecule has 8 nitrogen and oxygen atoms in total. The molecule has 1 aliphatic heterocycles. The monoisotopic (exact) mass is 501 g/mol. The molecule has 34 heavy (non-hydrogen) atoms. The van der Waals surface area contributed by atoms with Crippen LogP contribution in [0.2, 0.25) is 10.0 Å². The molecule has 2 aromatic carbocycles. The Balaban J connectivity index is 1.46. The van der Waals surface area contributed by atoms with Crippen molar-refractivity contribution in [2.75, 3.05) is 13.6 Å². The number of benzene rings is 2. The molecular weight excluding hydrogens is 477 g/mol. The van der Waals surface area contributed by atoms with E-state index >= 15 is 0 Å². The number of carbonyl (C=O) groups excluding carboxylic acids is 3. The SMILES string of the molecule is CNC(=O)C[C@H]1CCCN1C(=O)c1ccc(C(=O)N[C@@H](C)c2nc3cc(Cl)ccc3[nH]2)cc1Cl. The first-order chi connectivity index (χ1) is 16.3. The van der Waals surface area contributed by atoms with Crippen molar-refractivity contribution in [1.82, 2.24) is 25.5 Å². The van der Waals surface area contributed by atoms with Crippen molar-refractivity contribution in [2.45, 2.75) is 38.3 Å². The summed E-state index contributed by atoms with van der Waals surface area (Å²) in [7, 11) is 1.58. The van der Waals surface area contributed by atoms with E-state index in [-0.39, 0.29) is 35.2 Å². The Labute approximate surface area is 207 Å². The molecule has 3 N–H and O–H groups in total. The molecule has 0 aliphatic carbocycles. The average molecular weight is 502 g/mol. The smallest absolute Gasteiger partial charge is 0.255 e. The minimum Gasteiger partial charge on any atom is -0.359 e. The number of aromatic amines is 1. The average Bonchev–Trinajstić information content (AvgIpc) is 3.45. The maximum atomic E-state index is 13.1. The van der Waals surface area contributed by atoms with Crippen LogP contribution in [-0.4, -0.2) is 52.2 Å². The van der Waals surface area contributed by atoms with Crippen LogP contribution in [0.3, 0.4) is 0 Å². The summed E-state index contributed by atoms with van der Waals surface area (Å²) >= 11 is 12.4. The number of carbonyl (C=O) groups is 3. The molecule has 1 aromatic heterocycles. The van der Waals surface area contributed by atoms with Gasteiger partial charge < -0.3 is 20.5 Å². The summed E-state index contributed by atoms with van der Waals surface area (Å²) < 4.78 is 0. The van der Waals surface area contributed by atoms with Gasteiger partial charge in [-0.25, -0.2) is 4.98 Å². The van der Waals surface area contributed by atoms with Crippen molar-refractivity contribution in [3.05, 3.63) is 63.4 Å². The molecule has 178 valence electrons. The van der Waals surface area contributed by atoms with Crippen molar-refractivity contribution in [3.8, 4) is 0 Å². The lowest BCUT2D eigenvalue weighted by Gasteiger charge is -2.24. The molecule has 2 heterocycles. The highest BCUT2D eigenvalue weighted by Crippen LogP contribution is 2.27. The molecule has 3 aromatic rings. The van der Waals surface area contributed by atoms with Crippen LogP contribution in [0, 0.1) is 0 Å². The summed E-state index contributed by atoms with van der Waals surface area (Å²) in [4.78, 5) is 47.1. The Morgan fingerprint density at radius 2 is 2.00 bits per heavy atom. The van der Waals surface area contributed by atoms with Gasteiger partial charge in [-0.05, 0) is 56.2 Å². The first kappa shape index (κ1) is 24.0. The molecule has 1 fully saturated rings. The zero-order valence-electron chi connectivity index (χ0n) is 18.8. The number of nitrogens with zero attached hydrogens (tertiary/aromatic N) is 2. The Morgan fingerprint density at radius 3 is 2.74 bits per heavy atom. The summed E-state index contributed by atoms with van der Waals surface area (Å²) in [5, 5.41) is 6.26. The zero-order valence-corrected chi connectivity index (χ0v) is 20.3. The minimum atomic E-state index is -0.395. The molecule has 0 radical (unpaired) electrons. The quantitative estimate of drug-likeness (QED) is 0.472. The number of hydrogen-bond acceptors (Lipinski definition) is 4. The van der Waals surface area contributed by atoms with Gasteiger partial charge in [0.2, 0.25) is 5.91 Å². The fraction of sp³-hybridized carbons (Fsp3) is 0.333. The van der Waals surface area contributed by atoms with Crippen LogP contribution < -0.4 is 10.6 Å². The molecule has 1 aliphatic rings. The minimum absolute atomic E-state index is 0.107. The Hall–Kier alpha value is -3.10. The van der Waals surface area contributed by atoms with Crippen molar-refractivity contribution in [3.63, 3.8) is 0 Å². The molecule has 0 bridgehead atoms. The van der Waals surface area contributed by atoms with E-state index in [1.54, 1.807) is 36.2 Å².